The first kappa shape index (κ1) is 18.7. The van der Waals surface area contributed by atoms with Gasteiger partial charge in [0, 0.05) is 24.5 Å². The lowest BCUT2D eigenvalue weighted by molar-refractivity contribution is -0.140. The highest BCUT2D eigenvalue weighted by Crippen LogP contribution is 2.27. The third-order valence-corrected chi connectivity index (χ3v) is 5.88. The molecule has 8 heteroatoms. The molecule has 0 saturated carbocycles. The highest BCUT2D eigenvalue weighted by Gasteiger charge is 2.44. The van der Waals surface area contributed by atoms with Crippen LogP contribution in [-0.4, -0.2) is 71.6 Å². The van der Waals surface area contributed by atoms with Crippen molar-refractivity contribution >= 4 is 35.4 Å². The van der Waals surface area contributed by atoms with Crippen LogP contribution >= 0.6 is 11.8 Å². The molecule has 2 saturated heterocycles. The van der Waals surface area contributed by atoms with Crippen molar-refractivity contribution in [2.45, 2.75) is 25.1 Å². The number of carbonyl (C=O) groups is 3. The second-order valence-electron chi connectivity index (χ2n) is 6.53. The van der Waals surface area contributed by atoms with E-state index < -0.39 is 6.04 Å². The lowest BCUT2D eigenvalue weighted by Crippen LogP contribution is -2.49. The van der Waals surface area contributed by atoms with Gasteiger partial charge in [0.25, 0.3) is 5.91 Å². The van der Waals surface area contributed by atoms with Crippen LogP contribution in [0.2, 0.25) is 0 Å². The number of aryl methyl sites for hydroxylation is 1. The first-order valence-electron chi connectivity index (χ1n) is 8.55. The monoisotopic (exact) mass is 377 g/mol. The number of imide groups is 1. The van der Waals surface area contributed by atoms with E-state index in [2.05, 4.69) is 0 Å². The van der Waals surface area contributed by atoms with Gasteiger partial charge in [0.15, 0.2) is 0 Å². The van der Waals surface area contributed by atoms with Gasteiger partial charge in [0.2, 0.25) is 0 Å². The number of amides is 3. The number of methoxy groups -OCH3 is 1. The summed E-state index contributed by atoms with van der Waals surface area (Å²) in [6.07, 6.45) is 0. The summed E-state index contributed by atoms with van der Waals surface area (Å²) in [5.74, 6) is 0.268. The molecule has 1 aromatic carbocycles. The molecule has 0 radical (unpaired) electrons. The van der Waals surface area contributed by atoms with Crippen LogP contribution in [0.1, 0.15) is 12.5 Å². The minimum atomic E-state index is -0.541. The van der Waals surface area contributed by atoms with Gasteiger partial charge >= 0.3 is 12.0 Å². The molecular weight excluding hydrogens is 354 g/mol. The minimum absolute atomic E-state index is 0.193. The molecule has 7 nitrogen and oxygen atoms in total. The molecule has 0 bridgehead atoms. The molecule has 3 rings (SSSR count). The number of anilines is 1. The lowest BCUT2D eigenvalue weighted by atomic mass is 10.2. The van der Waals surface area contributed by atoms with Gasteiger partial charge in [0.05, 0.1) is 13.8 Å². The Hall–Kier alpha value is -2.06. The Labute approximate surface area is 157 Å². The molecule has 0 aromatic heterocycles. The fourth-order valence-corrected chi connectivity index (χ4v) is 4.40. The summed E-state index contributed by atoms with van der Waals surface area (Å²) in [4.78, 5) is 42.0. The SMILES string of the molecule is COC(=O)[C@@H]1CN(CN2C(=O)[C@@H](C)N(c3ccc(C)cc3)C2=O)CCS1. The Bertz CT molecular complexity index is 709. The maximum atomic E-state index is 12.9. The molecule has 1 aromatic rings. The summed E-state index contributed by atoms with van der Waals surface area (Å²) in [6, 6.07) is 6.69. The van der Waals surface area contributed by atoms with Crippen molar-refractivity contribution in [1.29, 1.82) is 0 Å². The fraction of sp³-hybridized carbons (Fsp3) is 0.500. The highest BCUT2D eigenvalue weighted by atomic mass is 32.2. The summed E-state index contributed by atoms with van der Waals surface area (Å²) in [5, 5.41) is -0.285. The van der Waals surface area contributed by atoms with Crippen LogP contribution in [0.5, 0.6) is 0 Å². The first-order chi connectivity index (χ1) is 12.4. The van der Waals surface area contributed by atoms with Gasteiger partial charge in [-0.25, -0.2) is 9.69 Å². The number of carbonyl (C=O) groups excluding carboxylic acids is 3. The zero-order chi connectivity index (χ0) is 18.8. The second kappa shape index (κ2) is 7.67. The number of ether oxygens (including phenoxy) is 1. The number of urea groups is 1. The molecule has 140 valence electrons. The molecule has 0 unspecified atom stereocenters. The number of benzene rings is 1. The summed E-state index contributed by atoms with van der Waals surface area (Å²) >= 11 is 1.54. The van der Waals surface area contributed by atoms with E-state index in [-0.39, 0.29) is 29.8 Å². The van der Waals surface area contributed by atoms with Crippen LogP contribution in [0.15, 0.2) is 24.3 Å². The van der Waals surface area contributed by atoms with Gasteiger partial charge in [-0.3, -0.25) is 19.4 Å². The molecule has 2 aliphatic rings. The average molecular weight is 377 g/mol. The molecular formula is C18H23N3O4S. The molecule has 2 atom stereocenters. The summed E-state index contributed by atoms with van der Waals surface area (Å²) in [5.41, 5.74) is 1.81. The summed E-state index contributed by atoms with van der Waals surface area (Å²) < 4.78 is 4.81. The zero-order valence-electron chi connectivity index (χ0n) is 15.2. The van der Waals surface area contributed by atoms with E-state index in [1.54, 1.807) is 18.7 Å². The van der Waals surface area contributed by atoms with E-state index in [9.17, 15) is 14.4 Å². The lowest BCUT2D eigenvalue weighted by Gasteiger charge is -2.32. The Morgan fingerprint density at radius 3 is 2.62 bits per heavy atom. The highest BCUT2D eigenvalue weighted by molar-refractivity contribution is 8.00. The van der Waals surface area contributed by atoms with Gasteiger partial charge in [-0.15, -0.1) is 11.8 Å². The Morgan fingerprint density at radius 1 is 1.27 bits per heavy atom. The van der Waals surface area contributed by atoms with E-state index in [1.807, 2.05) is 36.1 Å². The maximum Gasteiger partial charge on any atom is 0.333 e. The Kier molecular flexibility index (Phi) is 5.52. The van der Waals surface area contributed by atoms with Crippen LogP contribution in [-0.2, 0) is 14.3 Å². The molecule has 2 heterocycles. The largest absolute Gasteiger partial charge is 0.468 e. The summed E-state index contributed by atoms with van der Waals surface area (Å²) in [6.45, 7) is 5.09. The van der Waals surface area contributed by atoms with Crippen LogP contribution < -0.4 is 4.90 Å². The zero-order valence-corrected chi connectivity index (χ0v) is 16.0. The minimum Gasteiger partial charge on any atom is -0.468 e. The van der Waals surface area contributed by atoms with Gasteiger partial charge in [-0.1, -0.05) is 17.7 Å². The molecule has 0 aliphatic carbocycles. The first-order valence-corrected chi connectivity index (χ1v) is 9.60. The number of hydrogen-bond donors (Lipinski definition) is 0. The van der Waals surface area contributed by atoms with Crippen molar-refractivity contribution in [2.24, 2.45) is 0 Å². The van der Waals surface area contributed by atoms with Crippen LogP contribution in [0.3, 0.4) is 0 Å². The predicted octanol–water partition coefficient (Wildman–Crippen LogP) is 1.70. The molecule has 3 amide bonds. The standard InChI is InChI=1S/C18H23N3O4S/c1-12-4-6-14(7-5-12)21-13(2)16(22)20(18(21)24)11-19-8-9-26-15(10-19)17(23)25-3/h4-7,13,15H,8-11H2,1-3H3/t13-,15+/m1/s1. The number of esters is 1. The van der Waals surface area contributed by atoms with Crippen molar-refractivity contribution in [3.63, 3.8) is 0 Å². The predicted molar refractivity (Wildman–Crippen MR) is 100 cm³/mol. The van der Waals surface area contributed by atoms with Gasteiger partial charge in [-0.05, 0) is 26.0 Å². The number of hydrogen-bond acceptors (Lipinski definition) is 6. The van der Waals surface area contributed by atoms with Crippen LogP contribution in [0, 0.1) is 6.92 Å². The van der Waals surface area contributed by atoms with Crippen LogP contribution in [0.25, 0.3) is 0 Å². The van der Waals surface area contributed by atoms with Crippen molar-refractivity contribution in [3.05, 3.63) is 29.8 Å². The van der Waals surface area contributed by atoms with Crippen molar-refractivity contribution < 1.29 is 19.1 Å². The average Bonchev–Trinajstić information content (AvgIpc) is 2.86. The third kappa shape index (κ3) is 3.57. The third-order valence-electron chi connectivity index (χ3n) is 4.72. The van der Waals surface area contributed by atoms with Gasteiger partial charge < -0.3 is 4.74 Å². The molecule has 0 spiro atoms. The maximum absolute atomic E-state index is 12.9. The van der Waals surface area contributed by atoms with Gasteiger partial charge in [-0.2, -0.15) is 0 Å². The van der Waals surface area contributed by atoms with Crippen molar-refractivity contribution in [3.8, 4) is 0 Å². The van der Waals surface area contributed by atoms with E-state index >= 15 is 0 Å². The quantitative estimate of drug-likeness (QED) is 0.588. The molecule has 26 heavy (non-hydrogen) atoms. The number of thioether (sulfide) groups is 1. The smallest absolute Gasteiger partial charge is 0.333 e. The number of nitrogens with zero attached hydrogens (tertiary/aromatic N) is 3. The summed E-state index contributed by atoms with van der Waals surface area (Å²) in [7, 11) is 1.37. The van der Waals surface area contributed by atoms with Crippen molar-refractivity contribution in [2.75, 3.05) is 37.5 Å². The fourth-order valence-electron chi connectivity index (χ4n) is 3.20. The number of rotatable bonds is 4. The topological polar surface area (TPSA) is 70.2 Å². The Balaban J connectivity index is 1.72. The van der Waals surface area contributed by atoms with E-state index in [0.717, 1.165) is 11.3 Å². The molecule has 2 aliphatic heterocycles. The van der Waals surface area contributed by atoms with Crippen LogP contribution in [0.4, 0.5) is 10.5 Å². The second-order valence-corrected chi connectivity index (χ2v) is 7.84. The molecule has 2 fully saturated rings. The molecule has 0 N–H and O–H groups in total. The van der Waals surface area contributed by atoms with E-state index in [1.165, 1.54) is 16.9 Å². The van der Waals surface area contributed by atoms with Crippen molar-refractivity contribution in [1.82, 2.24) is 9.80 Å². The normalized spacial score (nSPS) is 24.3. The van der Waals surface area contributed by atoms with E-state index in [0.29, 0.717) is 18.8 Å². The van der Waals surface area contributed by atoms with E-state index in [4.69, 9.17) is 4.74 Å². The van der Waals surface area contributed by atoms with Gasteiger partial charge in [0.1, 0.15) is 11.3 Å². The Morgan fingerprint density at radius 2 is 1.96 bits per heavy atom.